The zero-order chi connectivity index (χ0) is 26.1. The molecule has 3 aromatic heterocycles. The van der Waals surface area contributed by atoms with Gasteiger partial charge in [-0.3, -0.25) is 9.89 Å². The summed E-state index contributed by atoms with van der Waals surface area (Å²) in [6.45, 7) is 11.6. The highest BCUT2D eigenvalue weighted by Crippen LogP contribution is 2.32. The van der Waals surface area contributed by atoms with Crippen molar-refractivity contribution in [1.29, 1.82) is 5.26 Å². The summed E-state index contributed by atoms with van der Waals surface area (Å²) in [4.78, 5) is 13.2. The number of hydrazone groups is 1. The van der Waals surface area contributed by atoms with Crippen LogP contribution in [0.4, 0.5) is 0 Å². The Morgan fingerprint density at radius 3 is 2.68 bits per heavy atom. The van der Waals surface area contributed by atoms with Crippen LogP contribution < -0.4 is 10.6 Å². The lowest BCUT2D eigenvalue weighted by atomic mass is 10.0. The molecule has 2 aliphatic heterocycles. The van der Waals surface area contributed by atoms with Crippen molar-refractivity contribution in [1.82, 2.24) is 19.5 Å². The van der Waals surface area contributed by atoms with Crippen LogP contribution >= 0.6 is 11.3 Å². The second-order valence-electron chi connectivity index (χ2n) is 9.64. The number of nitrogens with two attached hydrogens (primary N) is 1. The molecule has 194 valence electrons. The number of aryl methyl sites for hydroxylation is 2. The lowest BCUT2D eigenvalue weighted by Crippen LogP contribution is -2.52. The Bertz CT molecular complexity index is 1390. The lowest BCUT2D eigenvalue weighted by molar-refractivity contribution is -0.0709. The van der Waals surface area contributed by atoms with Gasteiger partial charge in [0, 0.05) is 29.7 Å². The molecule has 0 amide bonds. The van der Waals surface area contributed by atoms with E-state index in [1.165, 1.54) is 6.20 Å². The summed E-state index contributed by atoms with van der Waals surface area (Å²) < 4.78 is 13.4. The zero-order valence-corrected chi connectivity index (χ0v) is 22.5. The Kier molecular flexibility index (Phi) is 7.24. The number of nitrogens with zero attached hydrogens (tertiary/aromatic N) is 7. The molecule has 37 heavy (non-hydrogen) atoms. The van der Waals surface area contributed by atoms with Crippen LogP contribution in [0.2, 0.25) is 0 Å². The highest BCUT2D eigenvalue weighted by Gasteiger charge is 2.30. The van der Waals surface area contributed by atoms with Gasteiger partial charge in [0.05, 0.1) is 47.9 Å². The number of likely N-dealkylation sites (tertiary alicyclic amines) is 1. The molecule has 1 unspecified atom stereocenters. The van der Waals surface area contributed by atoms with Crippen LogP contribution in [0.1, 0.15) is 59.5 Å². The van der Waals surface area contributed by atoms with Gasteiger partial charge in [0.2, 0.25) is 0 Å². The number of aromatic nitrogens is 3. The molecule has 1 atom stereocenters. The molecular formula is C26H32N8O2S. The molecule has 2 N–H and O–H groups in total. The second-order valence-corrected chi connectivity index (χ2v) is 11.0. The third-order valence-corrected chi connectivity index (χ3v) is 7.98. The lowest BCUT2D eigenvalue weighted by Gasteiger charge is -2.40. The topological polar surface area (TPSA) is 126 Å². The first kappa shape index (κ1) is 25.3. The highest BCUT2D eigenvalue weighted by atomic mass is 32.1. The van der Waals surface area contributed by atoms with E-state index in [0.717, 1.165) is 66.0 Å². The molecule has 10 nitrogen and oxygen atoms in total. The van der Waals surface area contributed by atoms with Crippen LogP contribution in [0.3, 0.4) is 0 Å². The van der Waals surface area contributed by atoms with E-state index >= 15 is 0 Å². The summed E-state index contributed by atoms with van der Waals surface area (Å²) in [6.07, 6.45) is 5.03. The summed E-state index contributed by atoms with van der Waals surface area (Å²) in [5.74, 6) is 6.41. The maximum absolute atomic E-state index is 9.67. The van der Waals surface area contributed by atoms with Crippen LogP contribution in [0.25, 0.3) is 5.52 Å². The maximum Gasteiger partial charge on any atom is 0.148 e. The van der Waals surface area contributed by atoms with Gasteiger partial charge < -0.3 is 15.3 Å². The first-order valence-corrected chi connectivity index (χ1v) is 13.4. The van der Waals surface area contributed by atoms with Crippen molar-refractivity contribution >= 4 is 28.3 Å². The average Bonchev–Trinajstić information content (AvgIpc) is 3.41. The predicted molar refractivity (Wildman–Crippen MR) is 144 cm³/mol. The van der Waals surface area contributed by atoms with Gasteiger partial charge in [-0.1, -0.05) is 0 Å². The van der Waals surface area contributed by atoms with Gasteiger partial charge in [-0.25, -0.2) is 9.50 Å². The fraction of sp³-hybridized carbons (Fsp3) is 0.500. The molecule has 2 saturated heterocycles. The van der Waals surface area contributed by atoms with Gasteiger partial charge in [-0.05, 0) is 46.6 Å². The number of ether oxygens (including phenoxy) is 2. The molecule has 3 aromatic rings. The molecule has 0 aromatic carbocycles. The number of hydrogen-bond acceptors (Lipinski definition) is 10. The Labute approximate surface area is 220 Å². The second kappa shape index (κ2) is 10.6. The van der Waals surface area contributed by atoms with Crippen molar-refractivity contribution in [3.05, 3.63) is 45.2 Å². The predicted octanol–water partition coefficient (Wildman–Crippen LogP) is 3.41. The van der Waals surface area contributed by atoms with Gasteiger partial charge in [-0.15, -0.1) is 11.3 Å². The van der Waals surface area contributed by atoms with Gasteiger partial charge >= 0.3 is 0 Å². The Morgan fingerprint density at radius 1 is 1.32 bits per heavy atom. The first-order valence-electron chi connectivity index (χ1n) is 12.5. The summed E-state index contributed by atoms with van der Waals surface area (Å²) in [7, 11) is 0. The molecular weight excluding hydrogens is 488 g/mol. The van der Waals surface area contributed by atoms with E-state index in [9.17, 15) is 5.26 Å². The van der Waals surface area contributed by atoms with Gasteiger partial charge in [0.15, 0.2) is 0 Å². The third-order valence-electron chi connectivity index (χ3n) is 7.08. The molecule has 2 fully saturated rings. The van der Waals surface area contributed by atoms with Crippen molar-refractivity contribution in [3.63, 3.8) is 0 Å². The van der Waals surface area contributed by atoms with Gasteiger partial charge in [0.25, 0.3) is 0 Å². The molecule has 0 spiro atoms. The molecule has 0 aliphatic carbocycles. The van der Waals surface area contributed by atoms with Crippen LogP contribution in [0.5, 0.6) is 5.75 Å². The molecule has 5 heterocycles. The van der Waals surface area contributed by atoms with Crippen LogP contribution in [0, 0.1) is 25.2 Å². The van der Waals surface area contributed by atoms with Gasteiger partial charge in [-0.2, -0.15) is 15.5 Å². The first-order chi connectivity index (χ1) is 17.9. The van der Waals surface area contributed by atoms with Crippen molar-refractivity contribution in [3.8, 4) is 11.8 Å². The zero-order valence-electron chi connectivity index (χ0n) is 21.6. The highest BCUT2D eigenvalue weighted by molar-refractivity contribution is 7.11. The molecule has 0 bridgehead atoms. The minimum atomic E-state index is -0.315. The Balaban J connectivity index is 1.42. The largest absolute Gasteiger partial charge is 0.482 e. The standard InChI is InChI=1S/C26H32N8O2S/c1-15(30-21-5-7-33(8-6-21)22-13-35-14-22)24(32-28)19-9-23(26-20(10-27)11-29-34(26)12-19)36-16(2)25-17(3)37-18(4)31-25/h9,11-12,16,21-22H,5-8,13-14,28H2,1-4H3/b30-15?,32-24+. The number of hydrogen-bond donors (Lipinski definition) is 1. The minimum Gasteiger partial charge on any atom is -0.482 e. The normalized spacial score (nSPS) is 19.1. The summed E-state index contributed by atoms with van der Waals surface area (Å²) in [5.41, 5.74) is 3.98. The molecule has 0 radical (unpaired) electrons. The summed E-state index contributed by atoms with van der Waals surface area (Å²) in [5, 5.41) is 19.2. The van der Waals surface area contributed by atoms with E-state index in [2.05, 4.69) is 26.2 Å². The van der Waals surface area contributed by atoms with E-state index in [1.807, 2.05) is 40.0 Å². The molecule has 2 aliphatic rings. The fourth-order valence-electron chi connectivity index (χ4n) is 5.08. The number of fused-ring (bicyclic) bond motifs is 1. The number of nitriles is 1. The molecule has 11 heteroatoms. The van der Waals surface area contributed by atoms with E-state index in [1.54, 1.807) is 15.9 Å². The summed E-state index contributed by atoms with van der Waals surface area (Å²) >= 11 is 1.64. The van der Waals surface area contributed by atoms with Crippen LogP contribution in [-0.2, 0) is 4.74 Å². The number of piperidine rings is 1. The van der Waals surface area contributed by atoms with Gasteiger partial charge in [0.1, 0.15) is 34.7 Å². The van der Waals surface area contributed by atoms with E-state index in [4.69, 9.17) is 20.3 Å². The van der Waals surface area contributed by atoms with E-state index in [-0.39, 0.29) is 12.1 Å². The van der Waals surface area contributed by atoms with Crippen LogP contribution in [0.15, 0.2) is 28.6 Å². The maximum atomic E-state index is 9.67. The van der Waals surface area contributed by atoms with Crippen molar-refractivity contribution in [2.75, 3.05) is 26.3 Å². The monoisotopic (exact) mass is 520 g/mol. The number of thiazole rings is 1. The SMILES string of the molecule is CC(=NC1CCN(C2COC2)CC1)/C(=N\N)c1cc(OC(C)c2nc(C)sc2C)c2c(C#N)cnn2c1. The smallest absolute Gasteiger partial charge is 0.148 e. The molecule has 5 rings (SSSR count). The van der Waals surface area contributed by atoms with Crippen molar-refractivity contribution in [2.45, 2.75) is 58.7 Å². The van der Waals surface area contributed by atoms with E-state index in [0.29, 0.717) is 28.6 Å². The fourth-order valence-corrected chi connectivity index (χ4v) is 5.98. The van der Waals surface area contributed by atoms with E-state index < -0.39 is 0 Å². The number of aliphatic imine (C=N–C) groups is 1. The Hall–Kier alpha value is -3.33. The average molecular weight is 521 g/mol. The Morgan fingerprint density at radius 2 is 2.08 bits per heavy atom. The quantitative estimate of drug-likeness (QED) is 0.287. The third kappa shape index (κ3) is 5.09. The van der Waals surface area contributed by atoms with Crippen LogP contribution in [-0.4, -0.2) is 69.3 Å². The number of rotatable bonds is 7. The molecule has 0 saturated carbocycles. The number of pyridine rings is 1. The summed E-state index contributed by atoms with van der Waals surface area (Å²) in [6, 6.07) is 4.86. The minimum absolute atomic E-state index is 0.222. The van der Waals surface area contributed by atoms with Crippen molar-refractivity contribution in [2.24, 2.45) is 15.9 Å². The van der Waals surface area contributed by atoms with Crippen molar-refractivity contribution < 1.29 is 9.47 Å².